The van der Waals surface area contributed by atoms with E-state index in [4.69, 9.17) is 14.2 Å². The molecular weight excluding hydrogens is 384 g/mol. The summed E-state index contributed by atoms with van der Waals surface area (Å²) >= 11 is 1.26. The average Bonchev–Trinajstić information content (AvgIpc) is 3.32. The van der Waals surface area contributed by atoms with Crippen molar-refractivity contribution in [2.75, 3.05) is 37.6 Å². The largest absolute Gasteiger partial charge is 0.497 e. The van der Waals surface area contributed by atoms with Crippen molar-refractivity contribution in [1.29, 1.82) is 0 Å². The molecule has 0 aliphatic carbocycles. The number of ether oxygens (including phenoxy) is 3. The lowest BCUT2D eigenvalue weighted by Crippen LogP contribution is -2.28. The zero-order chi connectivity index (χ0) is 20.1. The molecule has 1 atom stereocenters. The van der Waals surface area contributed by atoms with Gasteiger partial charge in [-0.1, -0.05) is 11.3 Å². The number of anilines is 2. The Kier molecular flexibility index (Phi) is 6.42. The predicted octanol–water partition coefficient (Wildman–Crippen LogP) is 2.08. The summed E-state index contributed by atoms with van der Waals surface area (Å²) in [5.74, 6) is 0.248. The van der Waals surface area contributed by atoms with Gasteiger partial charge >= 0.3 is 0 Å². The van der Waals surface area contributed by atoms with Gasteiger partial charge in [0.1, 0.15) is 23.1 Å². The van der Waals surface area contributed by atoms with Gasteiger partial charge in [0.15, 0.2) is 0 Å². The monoisotopic (exact) mass is 406 g/mol. The fourth-order valence-electron chi connectivity index (χ4n) is 2.88. The number of aromatic nitrogens is 2. The number of carbonyl (C=O) groups excluding carboxylic acids is 2. The van der Waals surface area contributed by atoms with Crippen LogP contribution in [0.1, 0.15) is 18.4 Å². The Morgan fingerprint density at radius 1 is 1.32 bits per heavy atom. The first-order valence-electron chi connectivity index (χ1n) is 8.79. The Morgan fingerprint density at radius 3 is 2.86 bits per heavy atom. The molecular formula is C18H22N4O5S. The molecule has 1 fully saturated rings. The normalized spacial score (nSPS) is 16.3. The third-order valence-corrected chi connectivity index (χ3v) is 5.11. The zero-order valence-electron chi connectivity index (χ0n) is 15.9. The SMILES string of the molecule is CCOCc1nnc(NC(=O)[C@H]2CC(=O)N(c3ccc(OC)cc3OC)C2)s1. The van der Waals surface area contributed by atoms with E-state index in [-0.39, 0.29) is 24.8 Å². The maximum absolute atomic E-state index is 12.6. The molecule has 1 saturated heterocycles. The summed E-state index contributed by atoms with van der Waals surface area (Å²) in [7, 11) is 3.08. The molecule has 3 rings (SSSR count). The zero-order valence-corrected chi connectivity index (χ0v) is 16.7. The van der Waals surface area contributed by atoms with Crippen molar-refractivity contribution in [3.05, 3.63) is 23.2 Å². The lowest BCUT2D eigenvalue weighted by atomic mass is 10.1. The Labute approximate surface area is 166 Å². The van der Waals surface area contributed by atoms with Gasteiger partial charge in [-0.05, 0) is 19.1 Å². The molecule has 0 saturated carbocycles. The van der Waals surface area contributed by atoms with Crippen molar-refractivity contribution >= 4 is 34.0 Å². The molecule has 28 heavy (non-hydrogen) atoms. The summed E-state index contributed by atoms with van der Waals surface area (Å²) in [4.78, 5) is 26.6. The van der Waals surface area contributed by atoms with E-state index in [9.17, 15) is 9.59 Å². The predicted molar refractivity (Wildman–Crippen MR) is 104 cm³/mol. The lowest BCUT2D eigenvalue weighted by Gasteiger charge is -2.20. The summed E-state index contributed by atoms with van der Waals surface area (Å²) in [5.41, 5.74) is 0.610. The highest BCUT2D eigenvalue weighted by atomic mass is 32.1. The molecule has 0 bridgehead atoms. The number of benzene rings is 1. The van der Waals surface area contributed by atoms with Crippen molar-refractivity contribution < 1.29 is 23.8 Å². The summed E-state index contributed by atoms with van der Waals surface area (Å²) in [6.45, 7) is 3.09. The highest BCUT2D eigenvalue weighted by molar-refractivity contribution is 7.15. The van der Waals surface area contributed by atoms with Gasteiger partial charge in [0.2, 0.25) is 16.9 Å². The van der Waals surface area contributed by atoms with Crippen LogP contribution in [0.4, 0.5) is 10.8 Å². The van der Waals surface area contributed by atoms with E-state index in [0.717, 1.165) is 0 Å². The van der Waals surface area contributed by atoms with E-state index < -0.39 is 5.92 Å². The standard InChI is InChI=1S/C18H22N4O5S/c1-4-27-10-15-20-21-18(28-15)19-17(24)11-7-16(23)22(9-11)13-6-5-12(25-2)8-14(13)26-3/h5-6,8,11H,4,7,9-10H2,1-3H3,(H,19,21,24)/t11-/m0/s1. The van der Waals surface area contributed by atoms with E-state index >= 15 is 0 Å². The van der Waals surface area contributed by atoms with Crippen molar-refractivity contribution in [2.24, 2.45) is 5.92 Å². The summed E-state index contributed by atoms with van der Waals surface area (Å²) < 4.78 is 15.8. The number of hydrogen-bond donors (Lipinski definition) is 1. The molecule has 1 aromatic carbocycles. The Bertz CT molecular complexity index is 856. The van der Waals surface area contributed by atoms with Gasteiger partial charge < -0.3 is 24.4 Å². The molecule has 2 aromatic rings. The molecule has 0 unspecified atom stereocenters. The fraction of sp³-hybridized carbons (Fsp3) is 0.444. The quantitative estimate of drug-likeness (QED) is 0.716. The van der Waals surface area contributed by atoms with E-state index in [0.29, 0.717) is 40.5 Å². The van der Waals surface area contributed by atoms with Crippen LogP contribution in [-0.4, -0.2) is 49.4 Å². The van der Waals surface area contributed by atoms with Crippen molar-refractivity contribution in [3.63, 3.8) is 0 Å². The van der Waals surface area contributed by atoms with Crippen LogP contribution in [0.3, 0.4) is 0 Å². The molecule has 1 aliphatic heterocycles. The molecule has 9 nitrogen and oxygen atoms in total. The third-order valence-electron chi connectivity index (χ3n) is 4.30. The maximum atomic E-state index is 12.6. The number of methoxy groups -OCH3 is 2. The highest BCUT2D eigenvalue weighted by Gasteiger charge is 2.36. The molecule has 2 heterocycles. The van der Waals surface area contributed by atoms with E-state index in [2.05, 4.69) is 15.5 Å². The van der Waals surface area contributed by atoms with Gasteiger partial charge in [0.05, 0.1) is 25.8 Å². The van der Waals surface area contributed by atoms with E-state index in [1.807, 2.05) is 6.92 Å². The molecule has 0 radical (unpaired) electrons. The fourth-order valence-corrected chi connectivity index (χ4v) is 3.56. The van der Waals surface area contributed by atoms with Crippen LogP contribution in [-0.2, 0) is 20.9 Å². The average molecular weight is 406 g/mol. The second-order valence-corrected chi connectivity index (χ2v) is 7.13. The molecule has 150 valence electrons. The molecule has 10 heteroatoms. The van der Waals surface area contributed by atoms with Gasteiger partial charge in [-0.15, -0.1) is 10.2 Å². The highest BCUT2D eigenvalue weighted by Crippen LogP contribution is 2.36. The smallest absolute Gasteiger partial charge is 0.231 e. The number of rotatable bonds is 8. The second-order valence-electron chi connectivity index (χ2n) is 6.07. The lowest BCUT2D eigenvalue weighted by molar-refractivity contribution is -0.122. The van der Waals surface area contributed by atoms with Crippen LogP contribution in [0.5, 0.6) is 11.5 Å². The number of hydrogen-bond acceptors (Lipinski definition) is 8. The molecule has 2 amide bonds. The van der Waals surface area contributed by atoms with Crippen molar-refractivity contribution in [2.45, 2.75) is 20.0 Å². The second kappa shape index (κ2) is 8.98. The summed E-state index contributed by atoms with van der Waals surface area (Å²) in [6, 6.07) is 5.21. The van der Waals surface area contributed by atoms with Gasteiger partial charge in [-0.3, -0.25) is 9.59 Å². The van der Waals surface area contributed by atoms with Gasteiger partial charge in [0, 0.05) is 25.6 Å². The van der Waals surface area contributed by atoms with E-state index in [1.165, 1.54) is 18.4 Å². The van der Waals surface area contributed by atoms with Crippen molar-refractivity contribution in [1.82, 2.24) is 10.2 Å². The number of nitrogens with one attached hydrogen (secondary N) is 1. The first-order valence-corrected chi connectivity index (χ1v) is 9.60. The third kappa shape index (κ3) is 4.39. The van der Waals surface area contributed by atoms with Crippen molar-refractivity contribution in [3.8, 4) is 11.5 Å². The Hall–Kier alpha value is -2.72. The van der Waals surface area contributed by atoms with Crippen LogP contribution in [0.15, 0.2) is 18.2 Å². The minimum Gasteiger partial charge on any atom is -0.497 e. The molecule has 1 aromatic heterocycles. The van der Waals surface area contributed by atoms with Gasteiger partial charge in [0.25, 0.3) is 0 Å². The number of carbonyl (C=O) groups is 2. The number of amides is 2. The van der Waals surface area contributed by atoms with Crippen LogP contribution in [0.2, 0.25) is 0 Å². The van der Waals surface area contributed by atoms with Crippen LogP contribution in [0, 0.1) is 5.92 Å². The van der Waals surface area contributed by atoms with Crippen LogP contribution in [0.25, 0.3) is 0 Å². The first kappa shape index (κ1) is 20.0. The minimum absolute atomic E-state index is 0.117. The first-order chi connectivity index (χ1) is 13.5. The summed E-state index contributed by atoms with van der Waals surface area (Å²) in [5, 5.41) is 11.7. The molecule has 0 spiro atoms. The number of nitrogens with zero attached hydrogens (tertiary/aromatic N) is 3. The Morgan fingerprint density at radius 2 is 2.14 bits per heavy atom. The van der Waals surface area contributed by atoms with Crippen LogP contribution >= 0.6 is 11.3 Å². The minimum atomic E-state index is -0.487. The Balaban J connectivity index is 1.67. The van der Waals surface area contributed by atoms with Gasteiger partial charge in [-0.2, -0.15) is 0 Å². The molecule has 1 aliphatic rings. The molecule has 1 N–H and O–H groups in total. The summed E-state index contributed by atoms with van der Waals surface area (Å²) in [6.07, 6.45) is 0.117. The van der Waals surface area contributed by atoms with Gasteiger partial charge in [-0.25, -0.2) is 0 Å². The topological polar surface area (TPSA) is 103 Å². The van der Waals surface area contributed by atoms with Crippen LogP contribution < -0.4 is 19.7 Å². The maximum Gasteiger partial charge on any atom is 0.231 e. The van der Waals surface area contributed by atoms with E-state index in [1.54, 1.807) is 30.2 Å².